The fraction of sp³-hybridized carbons (Fsp3) is 0.500. The first-order valence-electron chi connectivity index (χ1n) is 8.75. The monoisotopic (exact) mass is 400 g/mol. The Labute approximate surface area is 160 Å². The average Bonchev–Trinajstić information content (AvgIpc) is 2.82. The van der Waals surface area contributed by atoms with Gasteiger partial charge in [0.1, 0.15) is 5.54 Å². The van der Waals surface area contributed by atoms with E-state index in [1.54, 1.807) is 6.92 Å². The zero-order valence-corrected chi connectivity index (χ0v) is 15.5. The van der Waals surface area contributed by atoms with Gasteiger partial charge in [0.25, 0.3) is 5.91 Å². The van der Waals surface area contributed by atoms with Crippen molar-refractivity contribution >= 4 is 35.0 Å². The van der Waals surface area contributed by atoms with E-state index in [9.17, 15) is 22.8 Å². The third kappa shape index (κ3) is 3.28. The molecule has 1 aliphatic carbocycles. The van der Waals surface area contributed by atoms with Gasteiger partial charge in [0, 0.05) is 5.69 Å². The summed E-state index contributed by atoms with van der Waals surface area (Å²) in [6.45, 7) is 1.70. The number of ether oxygens (including phenoxy) is 1. The van der Waals surface area contributed by atoms with E-state index >= 15 is 0 Å². The summed E-state index contributed by atoms with van der Waals surface area (Å²) in [5, 5.41) is -0.0555. The average molecular weight is 400 g/mol. The predicted octanol–water partition coefficient (Wildman–Crippen LogP) is 4.50. The first-order chi connectivity index (χ1) is 12.7. The molecule has 1 spiro atoms. The zero-order valence-electron chi connectivity index (χ0n) is 14.7. The second kappa shape index (κ2) is 7.10. The lowest BCUT2D eigenvalue weighted by atomic mass is 9.80. The van der Waals surface area contributed by atoms with Gasteiger partial charge >= 0.3 is 12.3 Å². The second-order valence-corrected chi connectivity index (χ2v) is 6.96. The molecule has 0 aromatic heterocycles. The maximum Gasteiger partial charge on any atom is 0.423 e. The molecule has 2 amide bonds. The fourth-order valence-corrected chi connectivity index (χ4v) is 4.19. The quantitative estimate of drug-likeness (QED) is 0.685. The van der Waals surface area contributed by atoms with Crippen molar-refractivity contribution in [2.24, 2.45) is 0 Å². The molecule has 0 unspecified atom stereocenters. The van der Waals surface area contributed by atoms with Gasteiger partial charge in [-0.1, -0.05) is 19.3 Å². The van der Waals surface area contributed by atoms with E-state index in [4.69, 9.17) is 17.0 Å². The zero-order chi connectivity index (χ0) is 19.8. The van der Waals surface area contributed by atoms with Gasteiger partial charge in [0.05, 0.1) is 12.2 Å². The van der Waals surface area contributed by atoms with Gasteiger partial charge in [0.15, 0.2) is 5.11 Å². The first-order valence-corrected chi connectivity index (χ1v) is 9.16. The summed E-state index contributed by atoms with van der Waals surface area (Å²) in [5.74, 6) is -0.467. The Bertz CT molecular complexity index is 758. The molecule has 2 aliphatic rings. The molecular formula is C18H19F3N2O3S. The van der Waals surface area contributed by atoms with E-state index in [0.29, 0.717) is 18.5 Å². The van der Waals surface area contributed by atoms with Crippen molar-refractivity contribution in [2.45, 2.75) is 50.7 Å². The van der Waals surface area contributed by atoms with Crippen LogP contribution in [0.2, 0.25) is 0 Å². The third-order valence-corrected chi connectivity index (χ3v) is 5.36. The van der Waals surface area contributed by atoms with Crippen molar-refractivity contribution in [2.75, 3.05) is 11.5 Å². The third-order valence-electron chi connectivity index (χ3n) is 5.00. The van der Waals surface area contributed by atoms with Crippen molar-refractivity contribution in [1.29, 1.82) is 0 Å². The van der Waals surface area contributed by atoms with Gasteiger partial charge in [-0.15, -0.1) is 0 Å². The first kappa shape index (κ1) is 19.6. The molecular weight excluding hydrogens is 381 g/mol. The summed E-state index contributed by atoms with van der Waals surface area (Å²) in [7, 11) is 0. The number of amides is 2. The maximum absolute atomic E-state index is 13.1. The van der Waals surface area contributed by atoms with Gasteiger partial charge < -0.3 is 9.64 Å². The molecule has 1 aliphatic heterocycles. The molecule has 27 heavy (non-hydrogen) atoms. The molecule has 3 rings (SSSR count). The number of anilines is 1. The van der Waals surface area contributed by atoms with Crippen LogP contribution in [0.25, 0.3) is 0 Å². The normalized spacial score (nSPS) is 19.7. The Balaban J connectivity index is 2.03. The highest BCUT2D eigenvalue weighted by molar-refractivity contribution is 7.80. The molecule has 1 saturated heterocycles. The molecule has 0 bridgehead atoms. The number of carbonyl (C=O) groups is 2. The van der Waals surface area contributed by atoms with E-state index in [-0.39, 0.29) is 11.7 Å². The SMILES string of the molecule is CCOC(=O)N1C(=O)C2(CCCCC2)N(c2ccc(C(F)(F)F)cc2)C1=S. The van der Waals surface area contributed by atoms with Crippen LogP contribution in [-0.2, 0) is 15.7 Å². The minimum absolute atomic E-state index is 0.0555. The fourth-order valence-electron chi connectivity index (χ4n) is 3.75. The minimum atomic E-state index is -4.46. The molecule has 0 atom stereocenters. The van der Waals surface area contributed by atoms with E-state index in [1.807, 2.05) is 0 Å². The molecule has 0 N–H and O–H groups in total. The number of carbonyl (C=O) groups excluding carboxylic acids is 2. The van der Waals surface area contributed by atoms with Crippen molar-refractivity contribution in [1.82, 2.24) is 4.90 Å². The smallest absolute Gasteiger partial charge is 0.423 e. The Hall–Kier alpha value is -2.16. The Morgan fingerprint density at radius 3 is 2.30 bits per heavy atom. The number of hydrogen-bond acceptors (Lipinski definition) is 4. The van der Waals surface area contributed by atoms with Crippen LogP contribution in [0.15, 0.2) is 24.3 Å². The Morgan fingerprint density at radius 2 is 1.78 bits per heavy atom. The lowest BCUT2D eigenvalue weighted by Crippen LogP contribution is -2.51. The molecule has 5 nitrogen and oxygen atoms in total. The number of benzene rings is 1. The number of imide groups is 1. The summed E-state index contributed by atoms with van der Waals surface area (Å²) in [4.78, 5) is 27.8. The van der Waals surface area contributed by atoms with Gasteiger partial charge in [-0.05, 0) is 56.2 Å². The van der Waals surface area contributed by atoms with Crippen LogP contribution >= 0.6 is 12.2 Å². The van der Waals surface area contributed by atoms with Crippen molar-refractivity contribution in [3.63, 3.8) is 0 Å². The molecule has 9 heteroatoms. The number of hydrogen-bond donors (Lipinski definition) is 0. The van der Waals surface area contributed by atoms with Gasteiger partial charge in [0.2, 0.25) is 0 Å². The standard InChI is InChI=1S/C18H19F3N2O3S/c1-2-26-16(25)22-14(24)17(10-4-3-5-11-17)23(15(22)27)13-8-6-12(7-9-13)18(19,20)21/h6-9H,2-5,10-11H2,1H3. The van der Waals surface area contributed by atoms with Crippen LogP contribution in [0.3, 0.4) is 0 Å². The second-order valence-electron chi connectivity index (χ2n) is 6.59. The molecule has 1 aromatic rings. The van der Waals surface area contributed by atoms with Crippen LogP contribution in [-0.4, -0.2) is 34.2 Å². The lowest BCUT2D eigenvalue weighted by Gasteiger charge is -2.39. The van der Waals surface area contributed by atoms with E-state index in [1.165, 1.54) is 17.0 Å². The van der Waals surface area contributed by atoms with E-state index in [2.05, 4.69) is 0 Å². The highest BCUT2D eigenvalue weighted by atomic mass is 32.1. The summed E-state index contributed by atoms with van der Waals surface area (Å²) in [6.07, 6.45) is -1.88. The lowest BCUT2D eigenvalue weighted by molar-refractivity contribution is -0.137. The Morgan fingerprint density at radius 1 is 1.19 bits per heavy atom. The van der Waals surface area contributed by atoms with E-state index < -0.39 is 29.3 Å². The van der Waals surface area contributed by atoms with Crippen LogP contribution in [0.5, 0.6) is 0 Å². The molecule has 1 heterocycles. The maximum atomic E-state index is 13.1. The van der Waals surface area contributed by atoms with Crippen molar-refractivity contribution in [3.8, 4) is 0 Å². The molecule has 146 valence electrons. The van der Waals surface area contributed by atoms with Crippen molar-refractivity contribution in [3.05, 3.63) is 29.8 Å². The Kier molecular flexibility index (Phi) is 5.16. The number of thiocarbonyl (C=S) groups is 1. The highest BCUT2D eigenvalue weighted by Gasteiger charge is 2.58. The molecule has 1 saturated carbocycles. The number of halogens is 3. The summed E-state index contributed by atoms with van der Waals surface area (Å²) >= 11 is 5.38. The molecule has 2 fully saturated rings. The summed E-state index contributed by atoms with van der Waals surface area (Å²) in [5.41, 5.74) is -1.49. The van der Waals surface area contributed by atoms with Gasteiger partial charge in [-0.3, -0.25) is 4.79 Å². The number of nitrogens with zero attached hydrogens (tertiary/aromatic N) is 2. The highest BCUT2D eigenvalue weighted by Crippen LogP contribution is 2.44. The van der Waals surface area contributed by atoms with E-state index in [0.717, 1.165) is 36.3 Å². The number of alkyl halides is 3. The number of rotatable bonds is 2. The van der Waals surface area contributed by atoms with Crippen molar-refractivity contribution < 1.29 is 27.5 Å². The summed E-state index contributed by atoms with van der Waals surface area (Å²) < 4.78 is 43.6. The minimum Gasteiger partial charge on any atom is -0.449 e. The largest absolute Gasteiger partial charge is 0.449 e. The van der Waals surface area contributed by atoms with Crippen LogP contribution in [0.4, 0.5) is 23.7 Å². The molecule has 1 aromatic carbocycles. The predicted molar refractivity (Wildman–Crippen MR) is 96.2 cm³/mol. The summed E-state index contributed by atoms with van der Waals surface area (Å²) in [6, 6.07) is 4.47. The van der Waals surface area contributed by atoms with Gasteiger partial charge in [-0.2, -0.15) is 18.1 Å². The van der Waals surface area contributed by atoms with Crippen LogP contribution in [0, 0.1) is 0 Å². The van der Waals surface area contributed by atoms with Crippen LogP contribution in [0.1, 0.15) is 44.6 Å². The van der Waals surface area contributed by atoms with Gasteiger partial charge in [-0.25, -0.2) is 4.79 Å². The topological polar surface area (TPSA) is 49.9 Å². The molecule has 0 radical (unpaired) electrons. The van der Waals surface area contributed by atoms with Crippen LogP contribution < -0.4 is 4.90 Å².